The molecule has 1 fully saturated rings. The van der Waals surface area contributed by atoms with Crippen LogP contribution in [0.2, 0.25) is 0 Å². The molecule has 0 spiro atoms. The van der Waals surface area contributed by atoms with Crippen molar-refractivity contribution < 1.29 is 26.4 Å². The molecule has 150 valence electrons. The van der Waals surface area contributed by atoms with Crippen LogP contribution in [0.4, 0.5) is 13.2 Å². The molecule has 1 unspecified atom stereocenters. The predicted octanol–water partition coefficient (Wildman–Crippen LogP) is 3.14. The Morgan fingerprint density at radius 2 is 1.82 bits per heavy atom. The van der Waals surface area contributed by atoms with Gasteiger partial charge in [0.2, 0.25) is 15.9 Å². The molecule has 0 aliphatic carbocycles. The van der Waals surface area contributed by atoms with E-state index in [1.165, 1.54) is 12.1 Å². The van der Waals surface area contributed by atoms with E-state index in [1.807, 2.05) is 0 Å². The normalized spacial score (nSPS) is 20.3. The summed E-state index contributed by atoms with van der Waals surface area (Å²) in [6, 6.07) is 6.92. The van der Waals surface area contributed by atoms with Crippen molar-refractivity contribution in [1.29, 1.82) is 0 Å². The van der Waals surface area contributed by atoms with Gasteiger partial charge in [0, 0.05) is 24.0 Å². The van der Waals surface area contributed by atoms with Crippen molar-refractivity contribution in [3.8, 4) is 0 Å². The fourth-order valence-electron chi connectivity index (χ4n) is 3.02. The number of alkyl halides is 1. The van der Waals surface area contributed by atoms with Crippen molar-refractivity contribution in [1.82, 2.24) is 9.62 Å². The van der Waals surface area contributed by atoms with Crippen molar-refractivity contribution in [2.24, 2.45) is 0 Å². The number of carbonyl (C=O) groups is 1. The summed E-state index contributed by atoms with van der Waals surface area (Å²) in [7, 11) is -4.18. The molecule has 1 aliphatic rings. The van der Waals surface area contributed by atoms with Crippen molar-refractivity contribution in [3.63, 3.8) is 0 Å². The Morgan fingerprint density at radius 3 is 2.46 bits per heavy atom. The molecule has 0 saturated carbocycles. The van der Waals surface area contributed by atoms with Crippen LogP contribution in [0.5, 0.6) is 0 Å². The summed E-state index contributed by atoms with van der Waals surface area (Å²) in [5.74, 6) is -1.80. The maximum Gasteiger partial charge on any atom is 0.243 e. The van der Waals surface area contributed by atoms with Crippen LogP contribution in [-0.2, 0) is 21.4 Å². The van der Waals surface area contributed by atoms with Gasteiger partial charge in [0.25, 0.3) is 0 Å². The number of rotatable bonds is 5. The number of hydrogen-bond donors (Lipinski definition) is 1. The lowest BCUT2D eigenvalue weighted by molar-refractivity contribution is -0.124. The monoisotopic (exact) mass is 476 g/mol. The summed E-state index contributed by atoms with van der Waals surface area (Å²) in [4.78, 5) is 12.3. The van der Waals surface area contributed by atoms with Gasteiger partial charge in [0.1, 0.15) is 23.8 Å². The number of halogens is 4. The number of hydrogen-bond acceptors (Lipinski definition) is 3. The first kappa shape index (κ1) is 20.8. The molecule has 1 N–H and O–H groups in total. The van der Waals surface area contributed by atoms with Crippen molar-refractivity contribution in [2.75, 3.05) is 6.54 Å². The van der Waals surface area contributed by atoms with Gasteiger partial charge in [-0.1, -0.05) is 15.9 Å². The zero-order valence-corrected chi connectivity index (χ0v) is 16.8. The largest absolute Gasteiger partial charge is 0.351 e. The van der Waals surface area contributed by atoms with Gasteiger partial charge >= 0.3 is 0 Å². The Kier molecular flexibility index (Phi) is 6.11. The zero-order valence-electron chi connectivity index (χ0n) is 14.4. The molecule has 28 heavy (non-hydrogen) atoms. The third-order valence-corrected chi connectivity index (χ3v) is 6.66. The lowest BCUT2D eigenvalue weighted by Gasteiger charge is -2.23. The van der Waals surface area contributed by atoms with Gasteiger partial charge in [-0.2, -0.15) is 4.31 Å². The minimum Gasteiger partial charge on any atom is -0.351 e. The fourth-order valence-corrected chi connectivity index (χ4v) is 5.16. The topological polar surface area (TPSA) is 66.5 Å². The first-order chi connectivity index (χ1) is 13.2. The molecule has 0 radical (unpaired) electrons. The van der Waals surface area contributed by atoms with Crippen LogP contribution >= 0.6 is 15.9 Å². The summed E-state index contributed by atoms with van der Waals surface area (Å²) < 4.78 is 67.3. The van der Waals surface area contributed by atoms with E-state index in [0.29, 0.717) is 10.0 Å². The molecule has 10 heteroatoms. The molecule has 1 amide bonds. The van der Waals surface area contributed by atoms with Crippen LogP contribution in [0, 0.1) is 11.6 Å². The van der Waals surface area contributed by atoms with Crippen LogP contribution in [-0.4, -0.2) is 37.4 Å². The Labute approximate surface area is 168 Å². The molecular formula is C18H16BrF3N2O3S. The van der Waals surface area contributed by atoms with Gasteiger partial charge in [-0.3, -0.25) is 4.79 Å². The summed E-state index contributed by atoms with van der Waals surface area (Å²) in [5.41, 5.74) is 0.461. The maximum atomic E-state index is 14.0. The molecule has 2 atom stereocenters. The number of sulfonamides is 1. The second-order valence-electron chi connectivity index (χ2n) is 6.37. The van der Waals surface area contributed by atoms with E-state index in [0.717, 1.165) is 28.6 Å². The number of benzene rings is 2. The van der Waals surface area contributed by atoms with Crippen LogP contribution < -0.4 is 5.32 Å². The summed E-state index contributed by atoms with van der Waals surface area (Å²) in [6.07, 6.45) is -1.80. The van der Waals surface area contributed by atoms with Gasteiger partial charge in [-0.15, -0.1) is 0 Å². The molecule has 0 bridgehead atoms. The Morgan fingerprint density at radius 1 is 1.14 bits per heavy atom. The number of carbonyl (C=O) groups excluding carboxylic acids is 1. The van der Waals surface area contributed by atoms with Gasteiger partial charge in [0.05, 0.1) is 4.90 Å². The third-order valence-electron chi connectivity index (χ3n) is 4.32. The van der Waals surface area contributed by atoms with Crippen LogP contribution in [0.15, 0.2) is 51.8 Å². The van der Waals surface area contributed by atoms with E-state index < -0.39 is 46.3 Å². The Hall–Kier alpha value is -1.91. The van der Waals surface area contributed by atoms with E-state index in [-0.39, 0.29) is 17.9 Å². The predicted molar refractivity (Wildman–Crippen MR) is 99.5 cm³/mol. The minimum atomic E-state index is -4.18. The van der Waals surface area contributed by atoms with Crippen LogP contribution in [0.25, 0.3) is 0 Å². The second kappa shape index (κ2) is 8.22. The minimum absolute atomic E-state index is 0.0485. The Bertz CT molecular complexity index is 966. The Balaban J connectivity index is 1.77. The highest BCUT2D eigenvalue weighted by atomic mass is 79.9. The lowest BCUT2D eigenvalue weighted by atomic mass is 10.2. The average Bonchev–Trinajstić information content (AvgIpc) is 3.02. The summed E-state index contributed by atoms with van der Waals surface area (Å²) >= 11 is 3.14. The number of nitrogens with zero attached hydrogens (tertiary/aromatic N) is 1. The SMILES string of the molecule is O=C(NCc1cc(F)cc(Br)c1)C1C[C@@H](F)CN1S(=O)(=O)c1ccc(F)cc1. The van der Waals surface area contributed by atoms with E-state index in [9.17, 15) is 26.4 Å². The first-order valence-electron chi connectivity index (χ1n) is 8.31. The van der Waals surface area contributed by atoms with Crippen molar-refractivity contribution >= 4 is 31.9 Å². The van der Waals surface area contributed by atoms with E-state index in [2.05, 4.69) is 21.2 Å². The molecule has 1 aliphatic heterocycles. The maximum absolute atomic E-state index is 14.0. The zero-order chi connectivity index (χ0) is 20.5. The highest BCUT2D eigenvalue weighted by Gasteiger charge is 2.44. The number of nitrogens with one attached hydrogen (secondary N) is 1. The van der Waals surface area contributed by atoms with E-state index in [4.69, 9.17) is 0 Å². The third kappa shape index (κ3) is 4.56. The highest BCUT2D eigenvalue weighted by Crippen LogP contribution is 2.28. The lowest BCUT2D eigenvalue weighted by Crippen LogP contribution is -2.45. The van der Waals surface area contributed by atoms with Gasteiger partial charge in [-0.25, -0.2) is 21.6 Å². The first-order valence-corrected chi connectivity index (χ1v) is 10.5. The molecule has 0 aromatic heterocycles. The average molecular weight is 477 g/mol. The number of amides is 1. The highest BCUT2D eigenvalue weighted by molar-refractivity contribution is 9.10. The standard InChI is InChI=1S/C18H16BrF3N2O3S/c19-12-5-11(6-14(21)7-12)9-23-18(25)17-8-15(22)10-24(17)28(26,27)16-3-1-13(20)2-4-16/h1-7,15,17H,8-10H2,(H,23,25)/t15-,17?/m1/s1. The molecule has 3 rings (SSSR count). The quantitative estimate of drug-likeness (QED) is 0.720. The summed E-state index contributed by atoms with van der Waals surface area (Å²) in [6.45, 7) is -0.517. The van der Waals surface area contributed by atoms with Gasteiger partial charge < -0.3 is 5.32 Å². The van der Waals surface area contributed by atoms with E-state index in [1.54, 1.807) is 6.07 Å². The molecule has 2 aromatic rings. The molecule has 5 nitrogen and oxygen atoms in total. The van der Waals surface area contributed by atoms with Crippen molar-refractivity contribution in [3.05, 3.63) is 64.1 Å². The fraction of sp³-hybridized carbons (Fsp3) is 0.278. The van der Waals surface area contributed by atoms with Crippen molar-refractivity contribution in [2.45, 2.75) is 30.1 Å². The van der Waals surface area contributed by atoms with Crippen LogP contribution in [0.3, 0.4) is 0 Å². The second-order valence-corrected chi connectivity index (χ2v) is 9.18. The molecule has 2 aromatic carbocycles. The summed E-state index contributed by atoms with van der Waals surface area (Å²) in [5, 5.41) is 2.52. The molecular weight excluding hydrogens is 461 g/mol. The molecule has 1 saturated heterocycles. The van der Waals surface area contributed by atoms with Gasteiger partial charge in [-0.05, 0) is 48.0 Å². The van der Waals surface area contributed by atoms with Gasteiger partial charge in [0.15, 0.2) is 0 Å². The molecule has 1 heterocycles. The smallest absolute Gasteiger partial charge is 0.243 e. The van der Waals surface area contributed by atoms with E-state index >= 15 is 0 Å². The van der Waals surface area contributed by atoms with Crippen LogP contribution in [0.1, 0.15) is 12.0 Å².